The van der Waals surface area contributed by atoms with Crippen molar-refractivity contribution in [2.24, 2.45) is 0 Å². The van der Waals surface area contributed by atoms with Crippen LogP contribution in [0.1, 0.15) is 22.6 Å². The Kier molecular flexibility index (Phi) is 3.64. The molecule has 3 aromatic rings. The fourth-order valence-electron chi connectivity index (χ4n) is 2.43. The predicted octanol–water partition coefficient (Wildman–Crippen LogP) is 1.26. The van der Waals surface area contributed by atoms with Crippen molar-refractivity contribution in [3.05, 3.63) is 47.2 Å². The zero-order valence-electron chi connectivity index (χ0n) is 12.5. The molecule has 0 bridgehead atoms. The highest BCUT2D eigenvalue weighted by Gasteiger charge is 2.17. The fourth-order valence-corrected chi connectivity index (χ4v) is 2.43. The minimum atomic E-state index is -0.188. The van der Waals surface area contributed by atoms with Crippen molar-refractivity contribution >= 4 is 16.9 Å². The van der Waals surface area contributed by atoms with Crippen molar-refractivity contribution in [2.75, 3.05) is 11.2 Å². The maximum Gasteiger partial charge on any atom is 0.154 e. The highest BCUT2D eigenvalue weighted by molar-refractivity contribution is 5.88. The minimum Gasteiger partial charge on any atom is -0.388 e. The van der Waals surface area contributed by atoms with E-state index in [4.69, 9.17) is 5.73 Å². The van der Waals surface area contributed by atoms with Gasteiger partial charge in [0.1, 0.15) is 12.1 Å². The standard InChI is InChI=1S/C15H18N6O/c1-9-10(2)19-15(16)13-14(9)21(12(8-22)20-13)18-7-11-4-3-5-17-6-11/h3-6,18,22H,7-8H2,1-2H3,(H2,16,19). The topological polar surface area (TPSA) is 102 Å². The van der Waals surface area contributed by atoms with Crippen molar-refractivity contribution in [3.63, 3.8) is 0 Å². The molecular weight excluding hydrogens is 280 g/mol. The Bertz CT molecular complexity index is 812. The van der Waals surface area contributed by atoms with Crippen molar-refractivity contribution in [1.29, 1.82) is 0 Å². The molecule has 22 heavy (non-hydrogen) atoms. The third kappa shape index (κ3) is 2.35. The lowest BCUT2D eigenvalue weighted by Gasteiger charge is -2.13. The molecule has 0 amide bonds. The fraction of sp³-hybridized carbons (Fsp3) is 0.267. The zero-order valence-corrected chi connectivity index (χ0v) is 12.5. The molecule has 3 aromatic heterocycles. The van der Waals surface area contributed by atoms with Crippen LogP contribution >= 0.6 is 0 Å². The monoisotopic (exact) mass is 298 g/mol. The molecule has 114 valence electrons. The van der Waals surface area contributed by atoms with E-state index < -0.39 is 0 Å². The average Bonchev–Trinajstić information content (AvgIpc) is 2.91. The molecule has 0 aliphatic carbocycles. The number of hydrogen-bond donors (Lipinski definition) is 3. The molecule has 0 unspecified atom stereocenters. The van der Waals surface area contributed by atoms with Gasteiger partial charge in [0, 0.05) is 18.1 Å². The Morgan fingerprint density at radius 1 is 1.32 bits per heavy atom. The van der Waals surface area contributed by atoms with Crippen LogP contribution in [0.25, 0.3) is 11.0 Å². The SMILES string of the molecule is Cc1nc(N)c2nc(CO)n(NCc3cccnc3)c2c1C. The van der Waals surface area contributed by atoms with Crippen LogP contribution in [0.15, 0.2) is 24.5 Å². The van der Waals surface area contributed by atoms with Crippen LogP contribution < -0.4 is 11.2 Å². The first-order valence-corrected chi connectivity index (χ1v) is 6.99. The van der Waals surface area contributed by atoms with Crippen LogP contribution in [-0.2, 0) is 13.2 Å². The first kappa shape index (κ1) is 14.3. The van der Waals surface area contributed by atoms with Gasteiger partial charge in [-0.3, -0.25) is 4.98 Å². The Hall–Kier alpha value is -2.67. The lowest BCUT2D eigenvalue weighted by Crippen LogP contribution is -2.18. The molecule has 7 nitrogen and oxygen atoms in total. The molecule has 0 atom stereocenters. The number of hydrogen-bond acceptors (Lipinski definition) is 6. The predicted molar refractivity (Wildman–Crippen MR) is 84.6 cm³/mol. The summed E-state index contributed by atoms with van der Waals surface area (Å²) < 4.78 is 1.78. The Morgan fingerprint density at radius 2 is 2.14 bits per heavy atom. The molecule has 3 rings (SSSR count). The maximum absolute atomic E-state index is 9.57. The van der Waals surface area contributed by atoms with Gasteiger partial charge in [0.25, 0.3) is 0 Å². The van der Waals surface area contributed by atoms with Gasteiger partial charge < -0.3 is 16.3 Å². The second kappa shape index (κ2) is 5.61. The van der Waals surface area contributed by atoms with E-state index in [2.05, 4.69) is 20.4 Å². The van der Waals surface area contributed by atoms with Gasteiger partial charge in [-0.1, -0.05) is 6.07 Å². The number of aromatic nitrogens is 4. The second-order valence-electron chi connectivity index (χ2n) is 5.12. The van der Waals surface area contributed by atoms with Gasteiger partial charge in [0.05, 0.1) is 12.1 Å². The summed E-state index contributed by atoms with van der Waals surface area (Å²) in [7, 11) is 0. The van der Waals surface area contributed by atoms with Crippen LogP contribution in [0.5, 0.6) is 0 Å². The van der Waals surface area contributed by atoms with Gasteiger partial charge in [-0.15, -0.1) is 0 Å². The maximum atomic E-state index is 9.57. The Labute approximate surface area is 127 Å². The summed E-state index contributed by atoms with van der Waals surface area (Å²) in [6, 6.07) is 3.86. The number of aliphatic hydroxyl groups excluding tert-OH is 1. The van der Waals surface area contributed by atoms with E-state index in [0.29, 0.717) is 23.7 Å². The number of pyridine rings is 2. The molecule has 0 radical (unpaired) electrons. The van der Waals surface area contributed by atoms with Crippen molar-refractivity contribution in [2.45, 2.75) is 27.0 Å². The lowest BCUT2D eigenvalue weighted by molar-refractivity contribution is 0.268. The lowest BCUT2D eigenvalue weighted by atomic mass is 10.2. The number of nitrogens with two attached hydrogens (primary N) is 1. The molecule has 4 N–H and O–H groups in total. The summed E-state index contributed by atoms with van der Waals surface area (Å²) in [6.45, 7) is 4.25. The summed E-state index contributed by atoms with van der Waals surface area (Å²) in [5.74, 6) is 0.871. The average molecular weight is 298 g/mol. The minimum absolute atomic E-state index is 0.188. The molecule has 0 aliphatic rings. The Balaban J connectivity index is 2.07. The van der Waals surface area contributed by atoms with Crippen LogP contribution in [-0.4, -0.2) is 24.7 Å². The van der Waals surface area contributed by atoms with Crippen molar-refractivity contribution < 1.29 is 5.11 Å². The number of imidazole rings is 1. The highest BCUT2D eigenvalue weighted by Crippen LogP contribution is 2.25. The summed E-state index contributed by atoms with van der Waals surface area (Å²) in [5, 5.41) is 9.57. The number of nitrogens with zero attached hydrogens (tertiary/aromatic N) is 4. The van der Waals surface area contributed by atoms with E-state index in [-0.39, 0.29) is 6.61 Å². The van der Waals surface area contributed by atoms with Gasteiger partial charge in [-0.05, 0) is 31.0 Å². The van der Waals surface area contributed by atoms with E-state index >= 15 is 0 Å². The summed E-state index contributed by atoms with van der Waals surface area (Å²) in [6.07, 6.45) is 3.52. The number of anilines is 1. The van der Waals surface area contributed by atoms with Crippen molar-refractivity contribution in [3.8, 4) is 0 Å². The normalized spacial score (nSPS) is 11.0. The quantitative estimate of drug-likeness (QED) is 0.670. The van der Waals surface area contributed by atoms with Gasteiger partial charge in [-0.2, -0.15) is 0 Å². The smallest absolute Gasteiger partial charge is 0.154 e. The first-order valence-electron chi connectivity index (χ1n) is 6.99. The third-order valence-electron chi connectivity index (χ3n) is 3.68. The molecule has 7 heteroatoms. The zero-order chi connectivity index (χ0) is 15.7. The van der Waals surface area contributed by atoms with E-state index in [0.717, 1.165) is 22.3 Å². The van der Waals surface area contributed by atoms with E-state index in [1.165, 1.54) is 0 Å². The van der Waals surface area contributed by atoms with Gasteiger partial charge in [-0.25, -0.2) is 14.6 Å². The molecule has 0 spiro atoms. The van der Waals surface area contributed by atoms with Crippen molar-refractivity contribution in [1.82, 2.24) is 19.6 Å². The number of aryl methyl sites for hydroxylation is 2. The van der Waals surface area contributed by atoms with E-state index in [1.807, 2.05) is 26.0 Å². The molecule has 0 saturated heterocycles. The summed E-state index contributed by atoms with van der Waals surface area (Å²) in [4.78, 5) is 12.8. The van der Waals surface area contributed by atoms with Crippen LogP contribution in [0.3, 0.4) is 0 Å². The van der Waals surface area contributed by atoms with Crippen LogP contribution in [0, 0.1) is 13.8 Å². The summed E-state index contributed by atoms with van der Waals surface area (Å²) >= 11 is 0. The number of fused-ring (bicyclic) bond motifs is 1. The van der Waals surface area contributed by atoms with E-state index in [9.17, 15) is 5.11 Å². The van der Waals surface area contributed by atoms with Gasteiger partial charge >= 0.3 is 0 Å². The van der Waals surface area contributed by atoms with Crippen LogP contribution in [0.4, 0.5) is 5.82 Å². The third-order valence-corrected chi connectivity index (χ3v) is 3.68. The largest absolute Gasteiger partial charge is 0.388 e. The number of aliphatic hydroxyl groups is 1. The van der Waals surface area contributed by atoms with Gasteiger partial charge in [0.2, 0.25) is 0 Å². The molecule has 0 aliphatic heterocycles. The van der Waals surface area contributed by atoms with Gasteiger partial charge in [0.15, 0.2) is 11.6 Å². The molecule has 3 heterocycles. The number of rotatable bonds is 4. The molecule has 0 aromatic carbocycles. The number of nitrogen functional groups attached to an aromatic ring is 1. The Morgan fingerprint density at radius 3 is 2.82 bits per heavy atom. The highest BCUT2D eigenvalue weighted by atomic mass is 16.3. The van der Waals surface area contributed by atoms with Crippen LogP contribution in [0.2, 0.25) is 0 Å². The summed E-state index contributed by atoms with van der Waals surface area (Å²) in [5.41, 5.74) is 13.5. The van der Waals surface area contributed by atoms with E-state index in [1.54, 1.807) is 17.1 Å². The molecule has 0 fully saturated rings. The second-order valence-corrected chi connectivity index (χ2v) is 5.12. The first-order chi connectivity index (χ1) is 10.6. The molecular formula is C15H18N6O. The number of nitrogens with one attached hydrogen (secondary N) is 1. The molecule has 0 saturated carbocycles.